The molecule has 26 heavy (non-hydrogen) atoms. The molecular weight excluding hydrogens is 328 g/mol. The van der Waals surface area contributed by atoms with Gasteiger partial charge in [-0.1, -0.05) is 17.7 Å². The molecule has 4 rings (SSSR count). The lowest BCUT2D eigenvalue weighted by Gasteiger charge is -2.37. The van der Waals surface area contributed by atoms with Crippen LogP contribution in [0.3, 0.4) is 0 Å². The number of likely N-dealkylation sites (tertiary alicyclic amines) is 1. The first-order valence-electron chi connectivity index (χ1n) is 9.79. The molecule has 2 saturated heterocycles. The smallest absolute Gasteiger partial charge is 0.253 e. The SMILES string of the molecule is Cc1cccc(C(=O)N2C[C@@H](C(=O)NCC3CC3)C3(CCOCC3)C2)c1. The number of carbonyl (C=O) groups excluding carboxylic acids is 2. The summed E-state index contributed by atoms with van der Waals surface area (Å²) in [6.45, 7) is 5.31. The predicted octanol–water partition coefficient (Wildman–Crippen LogP) is 2.39. The summed E-state index contributed by atoms with van der Waals surface area (Å²) < 4.78 is 5.55. The molecule has 0 unspecified atom stereocenters. The maximum absolute atomic E-state index is 13.0. The molecule has 2 aliphatic heterocycles. The second-order valence-electron chi connectivity index (χ2n) is 8.27. The fourth-order valence-electron chi connectivity index (χ4n) is 4.42. The average molecular weight is 356 g/mol. The Morgan fingerprint density at radius 1 is 1.27 bits per heavy atom. The molecule has 1 atom stereocenters. The van der Waals surface area contributed by atoms with Crippen molar-refractivity contribution in [3.63, 3.8) is 0 Å². The fraction of sp³-hybridized carbons (Fsp3) is 0.619. The van der Waals surface area contributed by atoms with Crippen LogP contribution < -0.4 is 5.32 Å². The highest BCUT2D eigenvalue weighted by Gasteiger charge is 2.51. The third kappa shape index (κ3) is 3.50. The molecule has 3 aliphatic rings. The molecule has 5 heteroatoms. The minimum absolute atomic E-state index is 0.0389. The van der Waals surface area contributed by atoms with Gasteiger partial charge in [0.05, 0.1) is 5.92 Å². The van der Waals surface area contributed by atoms with E-state index in [0.29, 0.717) is 37.8 Å². The van der Waals surface area contributed by atoms with Gasteiger partial charge in [-0.2, -0.15) is 0 Å². The summed E-state index contributed by atoms with van der Waals surface area (Å²) in [5, 5.41) is 3.15. The Kier molecular flexibility index (Phi) is 4.74. The summed E-state index contributed by atoms with van der Waals surface area (Å²) in [5.74, 6) is 0.699. The van der Waals surface area contributed by atoms with Gasteiger partial charge in [0.15, 0.2) is 0 Å². The van der Waals surface area contributed by atoms with Gasteiger partial charge in [0, 0.05) is 43.8 Å². The van der Waals surface area contributed by atoms with Crippen LogP contribution in [0.1, 0.15) is 41.6 Å². The Balaban J connectivity index is 1.52. The van der Waals surface area contributed by atoms with Crippen LogP contribution in [0.25, 0.3) is 0 Å². The monoisotopic (exact) mass is 356 g/mol. The second-order valence-corrected chi connectivity index (χ2v) is 8.27. The number of hydrogen-bond donors (Lipinski definition) is 1. The Bertz CT molecular complexity index is 692. The second kappa shape index (κ2) is 7.03. The van der Waals surface area contributed by atoms with Gasteiger partial charge in [-0.25, -0.2) is 0 Å². The maximum Gasteiger partial charge on any atom is 0.253 e. The largest absolute Gasteiger partial charge is 0.381 e. The third-order valence-electron chi connectivity index (χ3n) is 6.27. The first-order valence-corrected chi connectivity index (χ1v) is 9.79. The molecule has 0 bridgehead atoms. The lowest BCUT2D eigenvalue weighted by atomic mass is 9.71. The summed E-state index contributed by atoms with van der Waals surface area (Å²) in [7, 11) is 0. The molecule has 5 nitrogen and oxygen atoms in total. The first kappa shape index (κ1) is 17.5. The van der Waals surface area contributed by atoms with Crippen LogP contribution in [-0.4, -0.2) is 49.6 Å². The summed E-state index contributed by atoms with van der Waals surface area (Å²) in [6.07, 6.45) is 4.15. The Labute approximate surface area is 155 Å². The van der Waals surface area contributed by atoms with Gasteiger partial charge < -0.3 is 15.0 Å². The zero-order valence-electron chi connectivity index (χ0n) is 15.5. The summed E-state index contributed by atoms with van der Waals surface area (Å²) in [6, 6.07) is 7.71. The number of rotatable bonds is 4. The van der Waals surface area contributed by atoms with Crippen molar-refractivity contribution in [2.24, 2.45) is 17.3 Å². The number of benzene rings is 1. The van der Waals surface area contributed by atoms with Crippen molar-refractivity contribution in [1.29, 1.82) is 0 Å². The quantitative estimate of drug-likeness (QED) is 0.901. The van der Waals surface area contributed by atoms with Crippen LogP contribution in [0.2, 0.25) is 0 Å². The van der Waals surface area contributed by atoms with Crippen LogP contribution in [0, 0.1) is 24.2 Å². The Hall–Kier alpha value is -1.88. The molecular formula is C21H28N2O3. The van der Waals surface area contributed by atoms with Crippen molar-refractivity contribution in [3.8, 4) is 0 Å². The molecule has 1 saturated carbocycles. The summed E-state index contributed by atoms with van der Waals surface area (Å²) in [4.78, 5) is 27.8. The first-order chi connectivity index (χ1) is 12.6. The van der Waals surface area contributed by atoms with Crippen molar-refractivity contribution in [2.75, 3.05) is 32.8 Å². The number of amides is 2. The third-order valence-corrected chi connectivity index (χ3v) is 6.27. The van der Waals surface area contributed by atoms with Crippen LogP contribution in [0.4, 0.5) is 0 Å². The van der Waals surface area contributed by atoms with Gasteiger partial charge in [0.2, 0.25) is 5.91 Å². The van der Waals surface area contributed by atoms with E-state index < -0.39 is 0 Å². The van der Waals surface area contributed by atoms with Gasteiger partial charge in [0.1, 0.15) is 0 Å². The van der Waals surface area contributed by atoms with Crippen molar-refractivity contribution in [1.82, 2.24) is 10.2 Å². The van der Waals surface area contributed by atoms with E-state index in [9.17, 15) is 9.59 Å². The number of aryl methyl sites for hydroxylation is 1. The van der Waals surface area contributed by atoms with Gasteiger partial charge in [-0.3, -0.25) is 9.59 Å². The van der Waals surface area contributed by atoms with Gasteiger partial charge in [-0.05, 0) is 50.7 Å². The maximum atomic E-state index is 13.0. The zero-order chi connectivity index (χ0) is 18.1. The molecule has 2 amide bonds. The molecule has 0 aromatic heterocycles. The van der Waals surface area contributed by atoms with Gasteiger partial charge in [0.25, 0.3) is 5.91 Å². The van der Waals surface area contributed by atoms with Crippen molar-refractivity contribution in [3.05, 3.63) is 35.4 Å². The van der Waals surface area contributed by atoms with E-state index in [1.807, 2.05) is 36.1 Å². The van der Waals surface area contributed by atoms with E-state index in [4.69, 9.17) is 4.74 Å². The highest BCUT2D eigenvalue weighted by Crippen LogP contribution is 2.45. The number of hydrogen-bond acceptors (Lipinski definition) is 3. The van der Waals surface area contributed by atoms with Crippen molar-refractivity contribution in [2.45, 2.75) is 32.6 Å². The summed E-state index contributed by atoms with van der Waals surface area (Å²) in [5.41, 5.74) is 1.66. The van der Waals surface area contributed by atoms with Gasteiger partial charge >= 0.3 is 0 Å². The molecule has 2 heterocycles. The molecule has 140 valence electrons. The standard InChI is InChI=1S/C21H28N2O3/c1-15-3-2-4-17(11-15)20(25)23-13-18(19(24)22-12-16-5-6-16)21(14-23)7-9-26-10-8-21/h2-4,11,16,18H,5-10,12-14H2,1H3,(H,22,24)/t18-/m0/s1. The topological polar surface area (TPSA) is 58.6 Å². The Morgan fingerprint density at radius 2 is 2.04 bits per heavy atom. The molecule has 3 fully saturated rings. The van der Waals surface area contributed by atoms with E-state index in [2.05, 4.69) is 5.32 Å². The van der Waals surface area contributed by atoms with Gasteiger partial charge in [-0.15, -0.1) is 0 Å². The zero-order valence-corrected chi connectivity index (χ0v) is 15.5. The van der Waals surface area contributed by atoms with E-state index in [0.717, 1.165) is 24.9 Å². The lowest BCUT2D eigenvalue weighted by Crippen LogP contribution is -2.44. The highest BCUT2D eigenvalue weighted by molar-refractivity contribution is 5.95. The molecule has 1 aliphatic carbocycles. The van der Waals surface area contributed by atoms with E-state index in [1.54, 1.807) is 0 Å². The normalized spacial score (nSPS) is 24.7. The molecule has 1 spiro atoms. The predicted molar refractivity (Wildman–Crippen MR) is 98.8 cm³/mol. The van der Waals surface area contributed by atoms with Crippen molar-refractivity contribution < 1.29 is 14.3 Å². The van der Waals surface area contributed by atoms with Crippen LogP contribution in [-0.2, 0) is 9.53 Å². The molecule has 0 radical (unpaired) electrons. The van der Waals surface area contributed by atoms with Crippen LogP contribution in [0.15, 0.2) is 24.3 Å². The molecule has 1 N–H and O–H groups in total. The fourth-order valence-corrected chi connectivity index (χ4v) is 4.42. The molecule has 1 aromatic rings. The summed E-state index contributed by atoms with van der Waals surface area (Å²) >= 11 is 0. The number of nitrogens with zero attached hydrogens (tertiary/aromatic N) is 1. The van der Waals surface area contributed by atoms with E-state index in [-0.39, 0.29) is 23.1 Å². The Morgan fingerprint density at radius 3 is 2.73 bits per heavy atom. The number of carbonyl (C=O) groups is 2. The lowest BCUT2D eigenvalue weighted by molar-refractivity contribution is -0.129. The van der Waals surface area contributed by atoms with E-state index in [1.165, 1.54) is 12.8 Å². The van der Waals surface area contributed by atoms with E-state index >= 15 is 0 Å². The van der Waals surface area contributed by atoms with Crippen LogP contribution in [0.5, 0.6) is 0 Å². The number of nitrogens with one attached hydrogen (secondary N) is 1. The minimum Gasteiger partial charge on any atom is -0.381 e. The minimum atomic E-state index is -0.134. The number of ether oxygens (including phenoxy) is 1. The highest BCUT2D eigenvalue weighted by atomic mass is 16.5. The average Bonchev–Trinajstić information content (AvgIpc) is 3.41. The molecule has 1 aromatic carbocycles. The van der Waals surface area contributed by atoms with Crippen LogP contribution >= 0.6 is 0 Å². The van der Waals surface area contributed by atoms with Crippen molar-refractivity contribution >= 4 is 11.8 Å².